The summed E-state index contributed by atoms with van der Waals surface area (Å²) in [6, 6.07) is 13.5. The summed E-state index contributed by atoms with van der Waals surface area (Å²) in [6.45, 7) is 3.78. The van der Waals surface area contributed by atoms with Crippen LogP contribution in [0.3, 0.4) is 0 Å². The highest BCUT2D eigenvalue weighted by Gasteiger charge is 2.32. The third-order valence-electron chi connectivity index (χ3n) is 6.66. The number of halogens is 2. The van der Waals surface area contributed by atoms with Gasteiger partial charge in [0.15, 0.2) is 17.7 Å². The number of hydrogen-bond acceptors (Lipinski definition) is 11. The fraction of sp³-hybridized carbons (Fsp3) is 0.258. The number of carbonyl (C=O) groups is 2. The number of benzene rings is 3. The number of amides is 2. The standard InChI is InChI=1S/C31H31BrIN5O9/c1-4-45-25-13-20(28-27(30(40)44-3)17(2)35-31(41)36-28)7-10-24(25)46-16-26(39)37-34-14-19-11-22(32)29(23(33)12-19)47-15-18-5-8-21(9-6-18)38(42)43/h5-14,26,28,37,39H,4,15-16H2,1-3H3,(H2,35,36,41)/b34-14-/t26-,28-/m1/s1. The van der Waals surface area contributed by atoms with Crippen molar-refractivity contribution < 1.29 is 38.6 Å². The van der Waals surface area contributed by atoms with Crippen molar-refractivity contribution in [1.29, 1.82) is 0 Å². The van der Waals surface area contributed by atoms with Gasteiger partial charge in [0.1, 0.15) is 19.0 Å². The van der Waals surface area contributed by atoms with Crippen LogP contribution in [0.5, 0.6) is 17.2 Å². The van der Waals surface area contributed by atoms with Crippen molar-refractivity contribution in [2.24, 2.45) is 5.10 Å². The second-order valence-corrected chi connectivity index (χ2v) is 12.0. The van der Waals surface area contributed by atoms with Crippen LogP contribution in [-0.2, 0) is 16.1 Å². The molecule has 3 aromatic carbocycles. The molecule has 2 amide bonds. The number of non-ortho nitro benzene ring substituents is 1. The Hall–Kier alpha value is -4.42. The first-order valence-electron chi connectivity index (χ1n) is 14.1. The fourth-order valence-electron chi connectivity index (χ4n) is 4.48. The quantitative estimate of drug-likeness (QED) is 0.0428. The maximum absolute atomic E-state index is 12.4. The van der Waals surface area contributed by atoms with Crippen LogP contribution in [0.15, 0.2) is 75.4 Å². The summed E-state index contributed by atoms with van der Waals surface area (Å²) in [4.78, 5) is 35.0. The zero-order valence-electron chi connectivity index (χ0n) is 25.4. The summed E-state index contributed by atoms with van der Waals surface area (Å²) in [5.41, 5.74) is 5.34. The Morgan fingerprint density at radius 2 is 1.91 bits per heavy atom. The number of nitro benzene ring substituents is 1. The summed E-state index contributed by atoms with van der Waals surface area (Å²) < 4.78 is 23.9. The Labute approximate surface area is 291 Å². The number of aliphatic hydroxyl groups is 1. The molecule has 47 heavy (non-hydrogen) atoms. The van der Waals surface area contributed by atoms with E-state index in [2.05, 4.69) is 59.7 Å². The number of allylic oxidation sites excluding steroid dienone is 1. The van der Waals surface area contributed by atoms with Gasteiger partial charge < -0.3 is 34.7 Å². The predicted molar refractivity (Wildman–Crippen MR) is 183 cm³/mol. The molecule has 3 aromatic rings. The van der Waals surface area contributed by atoms with Crippen LogP contribution in [0.25, 0.3) is 0 Å². The number of hydrazone groups is 1. The Bertz CT molecular complexity index is 1680. The number of nitrogens with zero attached hydrogens (tertiary/aromatic N) is 2. The van der Waals surface area contributed by atoms with Crippen molar-refractivity contribution in [2.45, 2.75) is 32.7 Å². The summed E-state index contributed by atoms with van der Waals surface area (Å²) in [6.07, 6.45) is 0.353. The van der Waals surface area contributed by atoms with Crippen molar-refractivity contribution >= 4 is 62.4 Å². The van der Waals surface area contributed by atoms with Crippen LogP contribution in [-0.4, -0.2) is 54.8 Å². The second-order valence-electron chi connectivity index (χ2n) is 9.94. The Morgan fingerprint density at radius 1 is 1.17 bits per heavy atom. The molecule has 14 nitrogen and oxygen atoms in total. The van der Waals surface area contributed by atoms with Gasteiger partial charge in [-0.2, -0.15) is 5.10 Å². The first-order valence-corrected chi connectivity index (χ1v) is 16.0. The van der Waals surface area contributed by atoms with Crippen LogP contribution < -0.4 is 30.3 Å². The third-order valence-corrected chi connectivity index (χ3v) is 8.05. The molecule has 4 N–H and O–H groups in total. The smallest absolute Gasteiger partial charge is 0.337 e. The Kier molecular flexibility index (Phi) is 12.4. The Balaban J connectivity index is 1.36. The molecular formula is C31H31BrIN5O9. The molecule has 0 spiro atoms. The average Bonchev–Trinajstić information content (AvgIpc) is 3.03. The molecule has 1 heterocycles. The molecular weight excluding hydrogens is 793 g/mol. The van der Waals surface area contributed by atoms with Crippen LogP contribution in [0, 0.1) is 13.7 Å². The van der Waals surface area contributed by atoms with Gasteiger partial charge in [-0.1, -0.05) is 6.07 Å². The first-order chi connectivity index (χ1) is 22.5. The predicted octanol–water partition coefficient (Wildman–Crippen LogP) is 5.06. The van der Waals surface area contributed by atoms with Crippen molar-refractivity contribution in [1.82, 2.24) is 16.1 Å². The molecule has 0 unspecified atom stereocenters. The first kappa shape index (κ1) is 35.4. The van der Waals surface area contributed by atoms with E-state index in [0.717, 1.165) is 14.7 Å². The Morgan fingerprint density at radius 3 is 2.57 bits per heavy atom. The zero-order valence-corrected chi connectivity index (χ0v) is 29.2. The van der Waals surface area contributed by atoms with Gasteiger partial charge >= 0.3 is 12.0 Å². The minimum atomic E-state index is -1.17. The molecule has 0 bridgehead atoms. The van der Waals surface area contributed by atoms with E-state index >= 15 is 0 Å². The molecule has 4 rings (SSSR count). The topological polar surface area (TPSA) is 183 Å². The van der Waals surface area contributed by atoms with Crippen LogP contribution in [0.2, 0.25) is 0 Å². The van der Waals surface area contributed by atoms with Gasteiger partial charge in [0.25, 0.3) is 5.69 Å². The van der Waals surface area contributed by atoms with Crippen molar-refractivity contribution in [3.63, 3.8) is 0 Å². The number of nitro groups is 1. The lowest BCUT2D eigenvalue weighted by Gasteiger charge is -2.28. The maximum atomic E-state index is 12.4. The summed E-state index contributed by atoms with van der Waals surface area (Å²) in [7, 11) is 1.27. The maximum Gasteiger partial charge on any atom is 0.337 e. The molecule has 16 heteroatoms. The molecule has 0 radical (unpaired) electrons. The lowest BCUT2D eigenvalue weighted by atomic mass is 9.95. The number of urea groups is 1. The number of esters is 1. The SMILES string of the molecule is CCOc1cc([C@H]2NC(=O)NC(C)=C2C(=O)OC)ccc1OC[C@@H](O)N/N=C\c1cc(Br)c(OCc2ccc([N+](=O)[O-])cc2)c(I)c1. The molecule has 0 saturated heterocycles. The van der Waals surface area contributed by atoms with Gasteiger partial charge in [-0.3, -0.25) is 15.5 Å². The number of methoxy groups -OCH3 is 1. The number of nitrogens with one attached hydrogen (secondary N) is 3. The van der Waals surface area contributed by atoms with Gasteiger partial charge in [0.05, 0.1) is 44.5 Å². The lowest BCUT2D eigenvalue weighted by Crippen LogP contribution is -2.45. The molecule has 0 aromatic heterocycles. The van der Waals surface area contributed by atoms with E-state index in [9.17, 15) is 24.8 Å². The van der Waals surface area contributed by atoms with Crippen LogP contribution in [0.1, 0.15) is 36.6 Å². The number of aliphatic hydroxyl groups excluding tert-OH is 1. The van der Waals surface area contributed by atoms with E-state index in [0.29, 0.717) is 39.6 Å². The molecule has 0 aliphatic carbocycles. The van der Waals surface area contributed by atoms with Gasteiger partial charge in [-0.05, 0) is 105 Å². The lowest BCUT2D eigenvalue weighted by molar-refractivity contribution is -0.384. The van der Waals surface area contributed by atoms with Crippen molar-refractivity contribution in [2.75, 3.05) is 20.3 Å². The highest BCUT2D eigenvalue weighted by atomic mass is 127. The van der Waals surface area contributed by atoms with Gasteiger partial charge in [-0.15, -0.1) is 0 Å². The van der Waals surface area contributed by atoms with Crippen molar-refractivity contribution in [3.8, 4) is 17.2 Å². The van der Waals surface area contributed by atoms with E-state index in [1.165, 1.54) is 25.5 Å². The van der Waals surface area contributed by atoms with Crippen molar-refractivity contribution in [3.05, 3.63) is 101 Å². The molecule has 1 aliphatic rings. The summed E-state index contributed by atoms with van der Waals surface area (Å²) in [5.74, 6) is 0.711. The molecule has 2 atom stereocenters. The monoisotopic (exact) mass is 823 g/mol. The molecule has 1 aliphatic heterocycles. The number of carbonyl (C=O) groups excluding carboxylic acids is 2. The average molecular weight is 824 g/mol. The highest BCUT2D eigenvalue weighted by molar-refractivity contribution is 14.1. The van der Waals surface area contributed by atoms with E-state index < -0.39 is 29.2 Å². The fourth-order valence-corrected chi connectivity index (χ4v) is 6.25. The van der Waals surface area contributed by atoms with E-state index in [-0.39, 0.29) is 24.5 Å². The second kappa shape index (κ2) is 16.4. The number of hydrogen-bond donors (Lipinski definition) is 4. The minimum Gasteiger partial charge on any atom is -0.490 e. The summed E-state index contributed by atoms with van der Waals surface area (Å²) in [5, 5.41) is 30.7. The molecule has 248 valence electrons. The van der Waals surface area contributed by atoms with Crippen LogP contribution >= 0.6 is 38.5 Å². The minimum absolute atomic E-state index is 0.0115. The van der Waals surface area contributed by atoms with Gasteiger partial charge in [-0.25, -0.2) is 9.59 Å². The largest absolute Gasteiger partial charge is 0.490 e. The van der Waals surface area contributed by atoms with Gasteiger partial charge in [0.2, 0.25) is 0 Å². The number of ether oxygens (including phenoxy) is 4. The third kappa shape index (κ3) is 9.32. The van der Waals surface area contributed by atoms with E-state index in [1.807, 2.05) is 6.07 Å². The molecule has 0 fully saturated rings. The van der Waals surface area contributed by atoms with Gasteiger partial charge in [0, 0.05) is 17.8 Å². The van der Waals surface area contributed by atoms with E-state index in [1.54, 1.807) is 50.2 Å². The molecule has 0 saturated carbocycles. The van der Waals surface area contributed by atoms with Crippen LogP contribution in [0.4, 0.5) is 10.5 Å². The number of rotatable bonds is 14. The normalized spacial score (nSPS) is 15.0. The van der Waals surface area contributed by atoms with E-state index in [4.69, 9.17) is 18.9 Å². The summed E-state index contributed by atoms with van der Waals surface area (Å²) >= 11 is 5.64. The zero-order chi connectivity index (χ0) is 34.1. The highest BCUT2D eigenvalue weighted by Crippen LogP contribution is 2.35.